The van der Waals surface area contributed by atoms with Gasteiger partial charge in [-0.15, -0.1) is 0 Å². The molecule has 0 radical (unpaired) electrons. The number of sulfonamides is 1. The summed E-state index contributed by atoms with van der Waals surface area (Å²) in [5.41, 5.74) is 0.586. The molecule has 2 saturated heterocycles. The maximum absolute atomic E-state index is 12.3. The van der Waals surface area contributed by atoms with Crippen molar-refractivity contribution < 1.29 is 12.9 Å². The van der Waals surface area contributed by atoms with Crippen molar-refractivity contribution in [3.05, 3.63) is 47.6 Å². The summed E-state index contributed by atoms with van der Waals surface area (Å²) in [5, 5.41) is 4.13. The van der Waals surface area contributed by atoms with Crippen molar-refractivity contribution in [1.82, 2.24) is 14.4 Å². The van der Waals surface area contributed by atoms with E-state index >= 15 is 0 Å². The summed E-state index contributed by atoms with van der Waals surface area (Å²) in [6.45, 7) is 0.570. The molecule has 0 N–H and O–H groups in total. The second kappa shape index (κ2) is 6.21. The number of nitrogens with zero attached hydrogens (tertiary/aromatic N) is 3. The smallest absolute Gasteiger partial charge is 0.248 e. The van der Waals surface area contributed by atoms with Gasteiger partial charge >= 0.3 is 0 Å². The maximum Gasteiger partial charge on any atom is 0.248 e. The average molecular weight is 361 g/mol. The van der Waals surface area contributed by atoms with Crippen molar-refractivity contribution in [1.29, 1.82) is 0 Å². The van der Waals surface area contributed by atoms with Gasteiger partial charge in [-0.2, -0.15) is 9.29 Å². The Morgan fingerprint density at radius 3 is 2.60 bits per heavy atom. The van der Waals surface area contributed by atoms with Gasteiger partial charge in [0.2, 0.25) is 15.9 Å². The van der Waals surface area contributed by atoms with Crippen LogP contribution in [-0.2, 0) is 28.4 Å². The molecule has 2 bridgehead atoms. The number of aromatic nitrogens is 2. The Kier molecular flexibility index (Phi) is 4.16. The lowest BCUT2D eigenvalue weighted by Gasteiger charge is -2.50. The molecule has 0 unspecified atom stereocenters. The molecule has 0 spiro atoms. The van der Waals surface area contributed by atoms with Crippen LogP contribution in [-0.4, -0.2) is 35.7 Å². The molecule has 0 amide bonds. The highest BCUT2D eigenvalue weighted by molar-refractivity contribution is 7.88. The molecule has 1 aromatic heterocycles. The molecule has 134 valence electrons. The van der Waals surface area contributed by atoms with Gasteiger partial charge in [0.1, 0.15) is 5.54 Å². The van der Waals surface area contributed by atoms with Crippen LogP contribution >= 0.6 is 0 Å². The van der Waals surface area contributed by atoms with Gasteiger partial charge in [-0.05, 0) is 43.6 Å². The summed E-state index contributed by atoms with van der Waals surface area (Å²) in [7, 11) is -3.30. The third-order valence-electron chi connectivity index (χ3n) is 5.58. The Morgan fingerprint density at radius 1 is 1.20 bits per heavy atom. The highest BCUT2D eigenvalue weighted by Gasteiger charge is 2.54. The van der Waals surface area contributed by atoms with E-state index in [9.17, 15) is 8.42 Å². The van der Waals surface area contributed by atoms with Crippen molar-refractivity contribution in [2.45, 2.75) is 44.1 Å². The molecule has 6 nitrogen and oxygen atoms in total. The van der Waals surface area contributed by atoms with E-state index in [2.05, 4.69) is 22.3 Å². The fraction of sp³-hybridized carbons (Fsp3) is 0.556. The molecule has 2 aromatic rings. The summed E-state index contributed by atoms with van der Waals surface area (Å²) in [6.07, 6.45) is 6.38. The third kappa shape index (κ3) is 3.11. The predicted octanol–water partition coefficient (Wildman–Crippen LogP) is 2.52. The first-order valence-corrected chi connectivity index (χ1v) is 10.7. The highest BCUT2D eigenvalue weighted by atomic mass is 32.2. The molecule has 0 atom stereocenters. The van der Waals surface area contributed by atoms with Crippen LogP contribution in [0.5, 0.6) is 0 Å². The zero-order valence-electron chi connectivity index (χ0n) is 14.4. The van der Waals surface area contributed by atoms with E-state index in [-0.39, 0.29) is 0 Å². The molecule has 1 aliphatic carbocycles. The molecule has 1 aromatic carbocycles. The van der Waals surface area contributed by atoms with Crippen LogP contribution in [0.2, 0.25) is 0 Å². The fourth-order valence-electron chi connectivity index (χ4n) is 4.22. The molecular formula is C18H23N3O3S. The minimum atomic E-state index is -3.30. The average Bonchev–Trinajstić information content (AvgIpc) is 3.11. The lowest BCUT2D eigenvalue weighted by atomic mass is 9.72. The van der Waals surface area contributed by atoms with Gasteiger partial charge in [0, 0.05) is 13.0 Å². The van der Waals surface area contributed by atoms with Crippen molar-refractivity contribution in [2.24, 2.45) is 5.92 Å². The lowest BCUT2D eigenvalue weighted by Crippen LogP contribution is -2.58. The number of benzene rings is 1. The summed E-state index contributed by atoms with van der Waals surface area (Å²) in [5.74, 6) is 1.57. The van der Waals surface area contributed by atoms with E-state index in [1.54, 1.807) is 4.31 Å². The van der Waals surface area contributed by atoms with Crippen LogP contribution < -0.4 is 0 Å². The highest BCUT2D eigenvalue weighted by Crippen LogP contribution is 2.50. The zero-order chi connectivity index (χ0) is 17.5. The van der Waals surface area contributed by atoms with Crippen LogP contribution in [0.1, 0.15) is 43.0 Å². The van der Waals surface area contributed by atoms with Crippen molar-refractivity contribution in [2.75, 3.05) is 12.8 Å². The Labute approximate surface area is 148 Å². The van der Waals surface area contributed by atoms with E-state index < -0.39 is 15.6 Å². The van der Waals surface area contributed by atoms with Gasteiger partial charge in [0.05, 0.1) is 6.26 Å². The van der Waals surface area contributed by atoms with E-state index in [1.165, 1.54) is 11.8 Å². The molecule has 3 fully saturated rings. The summed E-state index contributed by atoms with van der Waals surface area (Å²) in [4.78, 5) is 4.60. The van der Waals surface area contributed by atoms with Crippen molar-refractivity contribution in [3.63, 3.8) is 0 Å². The van der Waals surface area contributed by atoms with Gasteiger partial charge in [-0.3, -0.25) is 0 Å². The molecular weight excluding hydrogens is 338 g/mol. The van der Waals surface area contributed by atoms with Gasteiger partial charge in [-0.1, -0.05) is 35.5 Å². The normalized spacial score (nSPS) is 26.8. The molecule has 1 saturated carbocycles. The first-order valence-electron chi connectivity index (χ1n) is 8.82. The Morgan fingerprint density at radius 2 is 1.92 bits per heavy atom. The van der Waals surface area contributed by atoms with Gasteiger partial charge in [-0.25, -0.2) is 8.42 Å². The Balaban J connectivity index is 1.57. The quantitative estimate of drug-likeness (QED) is 0.818. The standard InChI is InChI=1S/C18H23N3O3S/c1-25(22,23)21-13-15-9-11-18(21,12-10-15)17-19-16(20-24-17)8-7-14-5-3-2-4-6-14/h2-6,15H,7-13H2,1H3. The van der Waals surface area contributed by atoms with E-state index in [0.29, 0.717) is 30.6 Å². The van der Waals surface area contributed by atoms with Gasteiger partial charge < -0.3 is 4.52 Å². The Hall–Kier alpha value is -1.73. The Bertz CT molecular complexity index is 839. The van der Waals surface area contributed by atoms with Gasteiger partial charge in [0.25, 0.3) is 0 Å². The first kappa shape index (κ1) is 16.7. The van der Waals surface area contributed by atoms with Crippen molar-refractivity contribution >= 4 is 10.0 Å². The molecule has 2 aliphatic heterocycles. The van der Waals surface area contributed by atoms with E-state index in [4.69, 9.17) is 4.52 Å². The number of hydrogen-bond donors (Lipinski definition) is 0. The van der Waals surface area contributed by atoms with Crippen LogP contribution in [0, 0.1) is 5.92 Å². The monoisotopic (exact) mass is 361 g/mol. The van der Waals surface area contributed by atoms with E-state index in [1.807, 2.05) is 18.2 Å². The molecule has 5 rings (SSSR count). The number of fused-ring (bicyclic) bond motifs is 3. The molecule has 7 heteroatoms. The summed E-state index contributed by atoms with van der Waals surface area (Å²) < 4.78 is 31.8. The van der Waals surface area contributed by atoms with Gasteiger partial charge in [0.15, 0.2) is 5.82 Å². The van der Waals surface area contributed by atoms with Crippen LogP contribution in [0.3, 0.4) is 0 Å². The SMILES string of the molecule is CS(=O)(=O)N1CC2CCC1(c1nc(CCc3ccccc3)no1)CC2. The largest absolute Gasteiger partial charge is 0.337 e. The number of piperidine rings is 2. The minimum absolute atomic E-state index is 0.456. The number of hydrogen-bond acceptors (Lipinski definition) is 5. The lowest BCUT2D eigenvalue weighted by molar-refractivity contribution is 0.00229. The third-order valence-corrected chi connectivity index (χ3v) is 6.88. The second-order valence-electron chi connectivity index (χ2n) is 7.27. The van der Waals surface area contributed by atoms with Crippen LogP contribution in [0.15, 0.2) is 34.9 Å². The summed E-state index contributed by atoms with van der Waals surface area (Å²) in [6, 6.07) is 10.2. The molecule has 25 heavy (non-hydrogen) atoms. The topological polar surface area (TPSA) is 76.3 Å². The summed E-state index contributed by atoms with van der Waals surface area (Å²) >= 11 is 0. The maximum atomic E-state index is 12.3. The molecule has 3 heterocycles. The van der Waals surface area contributed by atoms with Crippen LogP contribution in [0.4, 0.5) is 0 Å². The zero-order valence-corrected chi connectivity index (χ0v) is 15.2. The fourth-order valence-corrected chi connectivity index (χ4v) is 5.59. The van der Waals surface area contributed by atoms with Crippen molar-refractivity contribution in [3.8, 4) is 0 Å². The van der Waals surface area contributed by atoms with E-state index in [0.717, 1.165) is 32.1 Å². The number of aryl methyl sites for hydroxylation is 2. The molecule has 3 aliphatic rings. The number of rotatable bonds is 5. The predicted molar refractivity (Wildman–Crippen MR) is 93.3 cm³/mol. The minimum Gasteiger partial charge on any atom is -0.337 e. The van der Waals surface area contributed by atoms with Crippen LogP contribution in [0.25, 0.3) is 0 Å². The second-order valence-corrected chi connectivity index (χ2v) is 9.18. The first-order chi connectivity index (χ1) is 12.0.